The zero-order valence-corrected chi connectivity index (χ0v) is 23.1. The van der Waals surface area contributed by atoms with Crippen molar-refractivity contribution in [1.29, 1.82) is 0 Å². The minimum atomic E-state index is -0.779. The Morgan fingerprint density at radius 2 is 1.07 bits per heavy atom. The zero-order valence-electron chi connectivity index (χ0n) is 23.1. The Hall–Kier alpha value is -4.95. The second-order valence-corrected chi connectivity index (χ2v) is 11.1. The number of nitrogens with zero attached hydrogens (tertiary/aromatic N) is 4. The molecule has 0 bridgehead atoms. The number of aliphatic hydroxyl groups excluding tert-OH is 1. The lowest BCUT2D eigenvalue weighted by Gasteiger charge is -2.49. The van der Waals surface area contributed by atoms with E-state index in [1.807, 2.05) is 70.5 Å². The summed E-state index contributed by atoms with van der Waals surface area (Å²) in [6, 6.07) is 31.5. The van der Waals surface area contributed by atoms with Crippen molar-refractivity contribution in [2.24, 2.45) is 0 Å². The Bertz CT molecular complexity index is 1680. The molecule has 6 aromatic rings. The molecule has 0 unspecified atom stereocenters. The maximum atomic E-state index is 14.6. The fraction of sp³-hybridized carbons (Fsp3) is 0.206. The lowest BCUT2D eigenvalue weighted by molar-refractivity contribution is -0.0427. The quantitative estimate of drug-likeness (QED) is 0.232. The van der Waals surface area contributed by atoms with Gasteiger partial charge in [-0.3, -0.25) is 10.2 Å². The molecule has 2 atom stereocenters. The van der Waals surface area contributed by atoms with Gasteiger partial charge in [0.1, 0.15) is 0 Å². The number of H-pyrrole nitrogens is 2. The Morgan fingerprint density at radius 3 is 1.52 bits per heavy atom. The van der Waals surface area contributed by atoms with Crippen LogP contribution in [0.25, 0.3) is 21.8 Å². The van der Waals surface area contributed by atoms with Crippen LogP contribution in [0.3, 0.4) is 0 Å². The summed E-state index contributed by atoms with van der Waals surface area (Å²) < 4.78 is 0. The second kappa shape index (κ2) is 11.1. The van der Waals surface area contributed by atoms with Gasteiger partial charge >= 0.3 is 6.03 Å². The number of aliphatic hydroxyl groups is 1. The van der Waals surface area contributed by atoms with E-state index >= 15 is 0 Å². The van der Waals surface area contributed by atoms with Crippen LogP contribution in [0.2, 0.25) is 0 Å². The Balaban J connectivity index is 1.28. The first-order valence-electron chi connectivity index (χ1n) is 14.3. The van der Waals surface area contributed by atoms with Crippen LogP contribution in [0.4, 0.5) is 4.79 Å². The Kier molecular flexibility index (Phi) is 6.89. The van der Waals surface area contributed by atoms with Crippen molar-refractivity contribution in [2.45, 2.75) is 44.1 Å². The van der Waals surface area contributed by atoms with Gasteiger partial charge < -0.3 is 14.9 Å². The van der Waals surface area contributed by atoms with Gasteiger partial charge in [-0.2, -0.15) is 10.2 Å². The first-order valence-corrected chi connectivity index (χ1v) is 14.3. The average Bonchev–Trinajstić information content (AvgIpc) is 3.69. The number of aromatic amines is 2. The standard InChI is InChI=1S/C34H32N6O2/c41-33-31(17-23-7-3-1-4-8-23)39(21-25-11-13-29-27(15-25)19-35-37-29)34(42)40(32(33)18-24-9-5-2-6-10-24)22-26-12-14-30-28(16-26)20-36-38-30/h1-16,19-20,31-33,41H,17-18,21-22H2,(H,35,37)(H,36,38)/t31-,32-/m1/s1. The summed E-state index contributed by atoms with van der Waals surface area (Å²) in [6.45, 7) is 0.758. The molecule has 1 aliphatic rings. The average molecular weight is 557 g/mol. The molecular weight excluding hydrogens is 524 g/mol. The van der Waals surface area contributed by atoms with Gasteiger partial charge in [0, 0.05) is 23.9 Å². The fourth-order valence-electron chi connectivity index (χ4n) is 6.19. The molecule has 42 heavy (non-hydrogen) atoms. The summed E-state index contributed by atoms with van der Waals surface area (Å²) in [5.74, 6) is 0. The van der Waals surface area contributed by atoms with Gasteiger partial charge in [-0.1, -0.05) is 72.8 Å². The molecule has 210 valence electrons. The van der Waals surface area contributed by atoms with Crippen LogP contribution in [-0.4, -0.2) is 59.5 Å². The van der Waals surface area contributed by atoms with Crippen molar-refractivity contribution in [3.05, 3.63) is 132 Å². The third kappa shape index (κ3) is 5.12. The smallest absolute Gasteiger partial charge is 0.321 e. The molecule has 8 heteroatoms. The number of amides is 2. The number of aromatic nitrogens is 4. The first kappa shape index (κ1) is 26.0. The summed E-state index contributed by atoms with van der Waals surface area (Å²) in [4.78, 5) is 18.3. The Labute approximate surface area is 243 Å². The SMILES string of the molecule is O=C1N(Cc2ccc3[nH]ncc3c2)[C@H](Cc2ccccc2)C(O)[C@@H](Cc2ccccc2)N1Cc1ccc2[nH]ncc2c1. The van der Waals surface area contributed by atoms with Crippen LogP contribution < -0.4 is 0 Å². The molecule has 1 fully saturated rings. The van der Waals surface area contributed by atoms with Gasteiger partial charge in [-0.25, -0.2) is 4.79 Å². The number of urea groups is 1. The topological polar surface area (TPSA) is 101 Å². The number of nitrogens with one attached hydrogen (secondary N) is 2. The predicted molar refractivity (Wildman–Crippen MR) is 163 cm³/mol. The summed E-state index contributed by atoms with van der Waals surface area (Å²) >= 11 is 0. The molecule has 8 nitrogen and oxygen atoms in total. The highest BCUT2D eigenvalue weighted by molar-refractivity contribution is 5.81. The van der Waals surface area contributed by atoms with Crippen molar-refractivity contribution >= 4 is 27.8 Å². The highest BCUT2D eigenvalue weighted by atomic mass is 16.3. The zero-order chi connectivity index (χ0) is 28.5. The number of hydrogen-bond donors (Lipinski definition) is 3. The van der Waals surface area contributed by atoms with Crippen LogP contribution in [-0.2, 0) is 25.9 Å². The molecule has 0 spiro atoms. The highest BCUT2D eigenvalue weighted by Gasteiger charge is 2.45. The van der Waals surface area contributed by atoms with E-state index in [4.69, 9.17) is 0 Å². The summed E-state index contributed by atoms with van der Waals surface area (Å²) in [5.41, 5.74) is 6.05. The van der Waals surface area contributed by atoms with Crippen LogP contribution in [0.5, 0.6) is 0 Å². The number of fused-ring (bicyclic) bond motifs is 2. The van der Waals surface area contributed by atoms with Gasteiger partial charge in [0.2, 0.25) is 0 Å². The monoisotopic (exact) mass is 556 g/mol. The molecule has 1 saturated heterocycles. The fourth-order valence-corrected chi connectivity index (χ4v) is 6.19. The molecular formula is C34H32N6O2. The summed E-state index contributed by atoms with van der Waals surface area (Å²) in [7, 11) is 0. The van der Waals surface area contributed by atoms with Gasteiger partial charge in [-0.15, -0.1) is 0 Å². The molecule has 0 saturated carbocycles. The van der Waals surface area contributed by atoms with E-state index in [1.54, 1.807) is 12.4 Å². The Morgan fingerprint density at radius 1 is 0.619 bits per heavy atom. The van der Waals surface area contributed by atoms with Crippen LogP contribution in [0.15, 0.2) is 109 Å². The maximum Gasteiger partial charge on any atom is 0.321 e. The minimum absolute atomic E-state index is 0.0817. The second-order valence-electron chi connectivity index (χ2n) is 11.1. The largest absolute Gasteiger partial charge is 0.389 e. The molecule has 2 amide bonds. The number of hydrogen-bond acceptors (Lipinski definition) is 4. The van der Waals surface area contributed by atoms with E-state index in [0.29, 0.717) is 25.9 Å². The van der Waals surface area contributed by atoms with E-state index in [-0.39, 0.29) is 6.03 Å². The van der Waals surface area contributed by atoms with Crippen LogP contribution in [0, 0.1) is 0 Å². The third-order valence-electron chi connectivity index (χ3n) is 8.37. The molecule has 1 aliphatic heterocycles. The van der Waals surface area contributed by atoms with Crippen molar-refractivity contribution < 1.29 is 9.90 Å². The molecule has 3 N–H and O–H groups in total. The van der Waals surface area contributed by atoms with Gasteiger partial charge in [0.25, 0.3) is 0 Å². The van der Waals surface area contributed by atoms with Crippen molar-refractivity contribution in [3.63, 3.8) is 0 Å². The van der Waals surface area contributed by atoms with E-state index in [9.17, 15) is 9.90 Å². The molecule has 0 radical (unpaired) electrons. The lowest BCUT2D eigenvalue weighted by Crippen LogP contribution is -2.66. The normalized spacial score (nSPS) is 17.9. The minimum Gasteiger partial charge on any atom is -0.389 e. The summed E-state index contributed by atoms with van der Waals surface area (Å²) in [6.07, 6.45) is 3.92. The van der Waals surface area contributed by atoms with Crippen molar-refractivity contribution in [2.75, 3.05) is 0 Å². The molecule has 3 heterocycles. The third-order valence-corrected chi connectivity index (χ3v) is 8.37. The highest BCUT2D eigenvalue weighted by Crippen LogP contribution is 2.31. The maximum absolute atomic E-state index is 14.6. The van der Waals surface area contributed by atoms with Crippen LogP contribution in [0.1, 0.15) is 22.3 Å². The van der Waals surface area contributed by atoms with Gasteiger partial charge in [0.05, 0.1) is 41.6 Å². The lowest BCUT2D eigenvalue weighted by atomic mass is 9.87. The van der Waals surface area contributed by atoms with E-state index in [2.05, 4.69) is 56.8 Å². The van der Waals surface area contributed by atoms with Crippen molar-refractivity contribution in [3.8, 4) is 0 Å². The molecule has 2 aromatic heterocycles. The molecule has 4 aromatic carbocycles. The predicted octanol–water partition coefficient (Wildman–Crippen LogP) is 5.46. The number of benzene rings is 4. The number of rotatable bonds is 8. The first-order chi connectivity index (χ1) is 20.6. The number of carbonyl (C=O) groups excluding carboxylic acids is 1. The van der Waals surface area contributed by atoms with E-state index in [0.717, 1.165) is 44.1 Å². The molecule has 0 aliphatic carbocycles. The van der Waals surface area contributed by atoms with E-state index in [1.165, 1.54) is 0 Å². The molecule has 7 rings (SSSR count). The van der Waals surface area contributed by atoms with Crippen molar-refractivity contribution in [1.82, 2.24) is 30.2 Å². The van der Waals surface area contributed by atoms with Gasteiger partial charge in [0.15, 0.2) is 0 Å². The van der Waals surface area contributed by atoms with E-state index < -0.39 is 18.2 Å². The van der Waals surface area contributed by atoms with Crippen LogP contribution >= 0.6 is 0 Å². The number of carbonyl (C=O) groups is 1. The van der Waals surface area contributed by atoms with Gasteiger partial charge in [-0.05, 0) is 59.4 Å². The summed E-state index contributed by atoms with van der Waals surface area (Å²) in [5, 5.41) is 28.5.